The zero-order valence-electron chi connectivity index (χ0n) is 12.0. The van der Waals surface area contributed by atoms with Crippen molar-refractivity contribution in [3.05, 3.63) is 24.2 Å². The lowest BCUT2D eigenvalue weighted by Crippen LogP contribution is -2.31. The van der Waals surface area contributed by atoms with Crippen molar-refractivity contribution in [1.29, 1.82) is 5.26 Å². The molecular formula is C15H23N3O2. The molecule has 0 saturated carbocycles. The predicted molar refractivity (Wildman–Crippen MR) is 76.4 cm³/mol. The molecule has 1 rings (SSSR count). The Balaban J connectivity index is 2.49. The van der Waals surface area contributed by atoms with Gasteiger partial charge in [-0.25, -0.2) is 0 Å². The van der Waals surface area contributed by atoms with Crippen LogP contribution in [0.4, 0.5) is 0 Å². The van der Waals surface area contributed by atoms with Crippen LogP contribution < -0.4 is 5.73 Å². The van der Waals surface area contributed by atoms with E-state index in [0.29, 0.717) is 38.4 Å². The zero-order chi connectivity index (χ0) is 14.8. The van der Waals surface area contributed by atoms with Crippen LogP contribution >= 0.6 is 0 Å². The highest BCUT2D eigenvalue weighted by Gasteiger charge is 2.16. The third-order valence-corrected chi connectivity index (χ3v) is 3.28. The Bertz CT molecular complexity index is 423. The zero-order valence-corrected chi connectivity index (χ0v) is 12.0. The average Bonchev–Trinajstić information content (AvgIpc) is 2.94. The van der Waals surface area contributed by atoms with Gasteiger partial charge in [-0.05, 0) is 37.4 Å². The molecule has 5 heteroatoms. The number of nitriles is 1. The number of furan rings is 1. The first-order valence-corrected chi connectivity index (χ1v) is 7.04. The van der Waals surface area contributed by atoms with E-state index in [-0.39, 0.29) is 5.91 Å². The van der Waals surface area contributed by atoms with Gasteiger partial charge in [0.25, 0.3) is 0 Å². The average molecular weight is 277 g/mol. The number of carbonyl (C=O) groups excluding carboxylic acids is 1. The van der Waals surface area contributed by atoms with Gasteiger partial charge in [0, 0.05) is 13.0 Å². The first-order chi connectivity index (χ1) is 9.67. The smallest absolute Gasteiger partial charge is 0.223 e. The van der Waals surface area contributed by atoms with E-state index in [2.05, 4.69) is 13.0 Å². The fourth-order valence-corrected chi connectivity index (χ4v) is 2.02. The van der Waals surface area contributed by atoms with Crippen LogP contribution in [-0.2, 0) is 11.3 Å². The van der Waals surface area contributed by atoms with Crippen LogP contribution in [0, 0.1) is 17.2 Å². The maximum Gasteiger partial charge on any atom is 0.223 e. The summed E-state index contributed by atoms with van der Waals surface area (Å²) in [5.41, 5.74) is 5.51. The molecule has 1 atom stereocenters. The SMILES string of the molecule is CC(CCN)CCC(=O)N(CCC#N)Cc1ccco1. The van der Waals surface area contributed by atoms with Gasteiger partial charge in [0.15, 0.2) is 0 Å². The Morgan fingerprint density at radius 3 is 2.95 bits per heavy atom. The van der Waals surface area contributed by atoms with E-state index >= 15 is 0 Å². The lowest BCUT2D eigenvalue weighted by atomic mass is 10.0. The lowest BCUT2D eigenvalue weighted by molar-refractivity contribution is -0.132. The van der Waals surface area contributed by atoms with Crippen molar-refractivity contribution in [2.24, 2.45) is 11.7 Å². The minimum Gasteiger partial charge on any atom is -0.467 e. The lowest BCUT2D eigenvalue weighted by Gasteiger charge is -2.21. The molecule has 1 amide bonds. The van der Waals surface area contributed by atoms with Gasteiger partial charge >= 0.3 is 0 Å². The maximum atomic E-state index is 12.2. The summed E-state index contributed by atoms with van der Waals surface area (Å²) in [5.74, 6) is 1.26. The Labute approximate surface area is 120 Å². The molecule has 110 valence electrons. The van der Waals surface area contributed by atoms with Gasteiger partial charge in [-0.3, -0.25) is 4.79 Å². The highest BCUT2D eigenvalue weighted by Crippen LogP contribution is 2.13. The minimum atomic E-state index is 0.0699. The Morgan fingerprint density at radius 1 is 1.55 bits per heavy atom. The van der Waals surface area contributed by atoms with E-state index in [1.54, 1.807) is 17.2 Å². The third-order valence-electron chi connectivity index (χ3n) is 3.28. The van der Waals surface area contributed by atoms with Gasteiger partial charge in [0.1, 0.15) is 5.76 Å². The van der Waals surface area contributed by atoms with Crippen molar-refractivity contribution in [3.8, 4) is 6.07 Å². The Hall–Kier alpha value is -1.80. The van der Waals surface area contributed by atoms with E-state index in [4.69, 9.17) is 15.4 Å². The summed E-state index contributed by atoms with van der Waals surface area (Å²) in [7, 11) is 0. The largest absolute Gasteiger partial charge is 0.467 e. The molecule has 0 radical (unpaired) electrons. The summed E-state index contributed by atoms with van der Waals surface area (Å²) < 4.78 is 5.26. The van der Waals surface area contributed by atoms with Crippen LogP contribution in [0.2, 0.25) is 0 Å². The van der Waals surface area contributed by atoms with Crippen LogP contribution in [-0.4, -0.2) is 23.9 Å². The topological polar surface area (TPSA) is 83.3 Å². The number of amides is 1. The van der Waals surface area contributed by atoms with Crippen LogP contribution in [0.5, 0.6) is 0 Å². The predicted octanol–water partition coefficient (Wildman–Crippen LogP) is 2.29. The highest BCUT2D eigenvalue weighted by molar-refractivity contribution is 5.76. The minimum absolute atomic E-state index is 0.0699. The van der Waals surface area contributed by atoms with Gasteiger partial charge in [-0.2, -0.15) is 5.26 Å². The van der Waals surface area contributed by atoms with Crippen molar-refractivity contribution in [2.75, 3.05) is 13.1 Å². The Morgan fingerprint density at radius 2 is 2.35 bits per heavy atom. The first-order valence-electron chi connectivity index (χ1n) is 7.04. The molecule has 20 heavy (non-hydrogen) atoms. The second-order valence-corrected chi connectivity index (χ2v) is 5.02. The normalized spacial score (nSPS) is 11.8. The number of hydrogen-bond acceptors (Lipinski definition) is 4. The van der Waals surface area contributed by atoms with Crippen molar-refractivity contribution in [2.45, 2.75) is 39.2 Å². The summed E-state index contributed by atoms with van der Waals surface area (Å²) in [6.07, 6.45) is 4.19. The van der Waals surface area contributed by atoms with Crippen molar-refractivity contribution in [3.63, 3.8) is 0 Å². The van der Waals surface area contributed by atoms with E-state index in [9.17, 15) is 4.79 Å². The summed E-state index contributed by atoms with van der Waals surface area (Å²) in [4.78, 5) is 13.9. The second-order valence-electron chi connectivity index (χ2n) is 5.02. The number of nitrogens with two attached hydrogens (primary N) is 1. The fraction of sp³-hybridized carbons (Fsp3) is 0.600. The molecule has 0 fully saturated rings. The van der Waals surface area contributed by atoms with Crippen LogP contribution in [0.15, 0.2) is 22.8 Å². The molecule has 2 N–H and O–H groups in total. The van der Waals surface area contributed by atoms with Crippen LogP contribution in [0.3, 0.4) is 0 Å². The summed E-state index contributed by atoms with van der Waals surface area (Å²) in [6.45, 7) is 3.63. The molecule has 0 aromatic carbocycles. The molecule has 5 nitrogen and oxygen atoms in total. The number of nitrogens with zero attached hydrogens (tertiary/aromatic N) is 2. The molecule has 0 aliphatic heterocycles. The molecule has 0 aliphatic carbocycles. The number of rotatable bonds is 9. The highest BCUT2D eigenvalue weighted by atomic mass is 16.3. The maximum absolute atomic E-state index is 12.2. The van der Waals surface area contributed by atoms with Crippen molar-refractivity contribution < 1.29 is 9.21 Å². The molecule has 0 bridgehead atoms. The van der Waals surface area contributed by atoms with Gasteiger partial charge in [-0.15, -0.1) is 0 Å². The quantitative estimate of drug-likeness (QED) is 0.750. The van der Waals surface area contributed by atoms with E-state index in [1.165, 1.54) is 0 Å². The first kappa shape index (κ1) is 16.3. The molecule has 1 unspecified atom stereocenters. The van der Waals surface area contributed by atoms with Crippen LogP contribution in [0.25, 0.3) is 0 Å². The molecule has 1 aromatic heterocycles. The standard InChI is InChI=1S/C15H23N3O2/c1-13(7-9-17)5-6-15(19)18(10-3-8-16)12-14-4-2-11-20-14/h2,4,11,13H,3,5-7,9-10,12,17H2,1H3. The number of carbonyl (C=O) groups is 1. The van der Waals surface area contributed by atoms with Crippen LogP contribution in [0.1, 0.15) is 38.4 Å². The summed E-state index contributed by atoms with van der Waals surface area (Å²) >= 11 is 0. The molecular weight excluding hydrogens is 254 g/mol. The molecule has 1 heterocycles. The monoisotopic (exact) mass is 277 g/mol. The van der Waals surface area contributed by atoms with Gasteiger partial charge in [-0.1, -0.05) is 6.92 Å². The molecule has 0 saturated heterocycles. The summed E-state index contributed by atoms with van der Waals surface area (Å²) in [5, 5.41) is 8.69. The molecule has 0 aliphatic rings. The van der Waals surface area contributed by atoms with E-state index in [1.807, 2.05) is 6.07 Å². The van der Waals surface area contributed by atoms with E-state index in [0.717, 1.165) is 18.6 Å². The number of hydrogen-bond donors (Lipinski definition) is 1. The fourth-order valence-electron chi connectivity index (χ4n) is 2.02. The third kappa shape index (κ3) is 5.89. The van der Waals surface area contributed by atoms with Crippen molar-refractivity contribution in [1.82, 2.24) is 4.90 Å². The Kier molecular flexibility index (Phi) is 7.44. The van der Waals surface area contributed by atoms with Gasteiger partial charge in [0.2, 0.25) is 5.91 Å². The summed E-state index contributed by atoms with van der Waals surface area (Å²) in [6, 6.07) is 5.71. The molecule has 1 aromatic rings. The van der Waals surface area contributed by atoms with Gasteiger partial charge < -0.3 is 15.1 Å². The van der Waals surface area contributed by atoms with E-state index < -0.39 is 0 Å². The van der Waals surface area contributed by atoms with Crippen molar-refractivity contribution >= 4 is 5.91 Å². The molecule has 0 spiro atoms. The second kappa shape index (κ2) is 9.16. The van der Waals surface area contributed by atoms with Gasteiger partial charge in [0.05, 0.1) is 25.3 Å².